The molecule has 90 valence electrons. The molecule has 0 saturated carbocycles. The molecule has 1 aromatic heterocycles. The lowest BCUT2D eigenvalue weighted by molar-refractivity contribution is 0.420. The highest BCUT2D eigenvalue weighted by atomic mass is 79.9. The van der Waals surface area contributed by atoms with Gasteiger partial charge in [0.15, 0.2) is 5.76 Å². The Balaban J connectivity index is 2.21. The van der Waals surface area contributed by atoms with E-state index >= 15 is 0 Å². The quantitative estimate of drug-likeness (QED) is 0.941. The van der Waals surface area contributed by atoms with Crippen molar-refractivity contribution < 1.29 is 8.91 Å². The van der Waals surface area contributed by atoms with Crippen molar-refractivity contribution in [3.8, 4) is 11.3 Å². The Kier molecular flexibility index (Phi) is 3.91. The SMILES string of the molecule is CCNCc1cc(-c2ccc(F)c(Br)c2)on1. The van der Waals surface area contributed by atoms with Crippen LogP contribution in [-0.2, 0) is 6.54 Å². The molecular weight excluding hydrogens is 287 g/mol. The van der Waals surface area contributed by atoms with E-state index in [2.05, 4.69) is 26.4 Å². The molecule has 0 unspecified atom stereocenters. The largest absolute Gasteiger partial charge is 0.356 e. The van der Waals surface area contributed by atoms with Crippen molar-refractivity contribution in [2.24, 2.45) is 0 Å². The predicted octanol–water partition coefficient (Wildman–Crippen LogP) is 3.35. The molecule has 1 aromatic carbocycles. The molecule has 2 rings (SSSR count). The topological polar surface area (TPSA) is 38.1 Å². The third-order valence-corrected chi connectivity index (χ3v) is 2.93. The molecule has 0 aliphatic heterocycles. The first kappa shape index (κ1) is 12.3. The average molecular weight is 299 g/mol. The summed E-state index contributed by atoms with van der Waals surface area (Å²) >= 11 is 3.14. The van der Waals surface area contributed by atoms with Gasteiger partial charge in [0.2, 0.25) is 0 Å². The smallest absolute Gasteiger partial charge is 0.167 e. The lowest BCUT2D eigenvalue weighted by atomic mass is 10.1. The molecule has 1 heterocycles. The van der Waals surface area contributed by atoms with Crippen LogP contribution in [0, 0.1) is 5.82 Å². The number of hydrogen-bond donors (Lipinski definition) is 1. The first-order chi connectivity index (χ1) is 8.20. The summed E-state index contributed by atoms with van der Waals surface area (Å²) in [5, 5.41) is 7.09. The van der Waals surface area contributed by atoms with Gasteiger partial charge in [0.1, 0.15) is 5.82 Å². The summed E-state index contributed by atoms with van der Waals surface area (Å²) in [7, 11) is 0. The lowest BCUT2D eigenvalue weighted by Crippen LogP contribution is -2.11. The van der Waals surface area contributed by atoms with Crippen LogP contribution < -0.4 is 5.32 Å². The van der Waals surface area contributed by atoms with Crippen molar-refractivity contribution in [1.82, 2.24) is 10.5 Å². The first-order valence-corrected chi connectivity index (χ1v) is 6.11. The zero-order valence-electron chi connectivity index (χ0n) is 9.34. The van der Waals surface area contributed by atoms with Gasteiger partial charge in [0.25, 0.3) is 0 Å². The Hall–Kier alpha value is -1.20. The van der Waals surface area contributed by atoms with Gasteiger partial charge in [-0.05, 0) is 40.7 Å². The second-order valence-electron chi connectivity index (χ2n) is 3.59. The van der Waals surface area contributed by atoms with E-state index in [1.807, 2.05) is 13.0 Å². The lowest BCUT2D eigenvalue weighted by Gasteiger charge is -1.97. The molecular formula is C12H12BrFN2O. The number of hydrogen-bond acceptors (Lipinski definition) is 3. The first-order valence-electron chi connectivity index (χ1n) is 5.32. The van der Waals surface area contributed by atoms with Crippen molar-refractivity contribution in [1.29, 1.82) is 0 Å². The normalized spacial score (nSPS) is 10.8. The molecule has 0 radical (unpaired) electrons. The van der Waals surface area contributed by atoms with Crippen molar-refractivity contribution >= 4 is 15.9 Å². The summed E-state index contributed by atoms with van der Waals surface area (Å²) < 4.78 is 18.7. The second-order valence-corrected chi connectivity index (χ2v) is 4.45. The van der Waals surface area contributed by atoms with Crippen LogP contribution in [0.5, 0.6) is 0 Å². The van der Waals surface area contributed by atoms with Gasteiger partial charge in [-0.3, -0.25) is 0 Å². The van der Waals surface area contributed by atoms with Gasteiger partial charge >= 0.3 is 0 Å². The predicted molar refractivity (Wildman–Crippen MR) is 67.0 cm³/mol. The van der Waals surface area contributed by atoms with E-state index in [9.17, 15) is 4.39 Å². The molecule has 0 amide bonds. The van der Waals surface area contributed by atoms with Crippen LogP contribution in [0.15, 0.2) is 33.3 Å². The molecule has 2 aromatic rings. The molecule has 1 N–H and O–H groups in total. The summed E-state index contributed by atoms with van der Waals surface area (Å²) in [5.41, 5.74) is 1.64. The number of nitrogens with one attached hydrogen (secondary N) is 1. The van der Waals surface area contributed by atoms with Gasteiger partial charge in [-0.15, -0.1) is 0 Å². The van der Waals surface area contributed by atoms with Crippen molar-refractivity contribution in [3.63, 3.8) is 0 Å². The van der Waals surface area contributed by atoms with Crippen LogP contribution in [0.25, 0.3) is 11.3 Å². The average Bonchev–Trinajstić information content (AvgIpc) is 2.79. The fourth-order valence-corrected chi connectivity index (χ4v) is 1.81. The summed E-state index contributed by atoms with van der Waals surface area (Å²) in [6.45, 7) is 3.57. The zero-order chi connectivity index (χ0) is 12.3. The zero-order valence-corrected chi connectivity index (χ0v) is 10.9. The number of benzene rings is 1. The molecule has 0 atom stereocenters. The van der Waals surface area contributed by atoms with E-state index in [-0.39, 0.29) is 5.82 Å². The molecule has 0 aliphatic rings. The van der Waals surface area contributed by atoms with Crippen LogP contribution >= 0.6 is 15.9 Å². The molecule has 0 spiro atoms. The van der Waals surface area contributed by atoms with Gasteiger partial charge in [-0.25, -0.2) is 4.39 Å². The fraction of sp³-hybridized carbons (Fsp3) is 0.250. The third-order valence-electron chi connectivity index (χ3n) is 2.32. The van der Waals surface area contributed by atoms with Gasteiger partial charge < -0.3 is 9.84 Å². The Morgan fingerprint density at radius 1 is 1.41 bits per heavy atom. The summed E-state index contributed by atoms with van der Waals surface area (Å²) in [6, 6.07) is 6.58. The Morgan fingerprint density at radius 3 is 2.94 bits per heavy atom. The molecule has 0 fully saturated rings. The minimum absolute atomic E-state index is 0.291. The highest BCUT2D eigenvalue weighted by molar-refractivity contribution is 9.10. The molecule has 5 heteroatoms. The van der Waals surface area contributed by atoms with Crippen LogP contribution in [-0.4, -0.2) is 11.7 Å². The fourth-order valence-electron chi connectivity index (χ4n) is 1.43. The second kappa shape index (κ2) is 5.42. The van der Waals surface area contributed by atoms with Crippen LogP contribution in [0.2, 0.25) is 0 Å². The number of aromatic nitrogens is 1. The van der Waals surface area contributed by atoms with E-state index in [1.54, 1.807) is 12.1 Å². The molecule has 17 heavy (non-hydrogen) atoms. The van der Waals surface area contributed by atoms with E-state index in [0.717, 1.165) is 17.8 Å². The Labute approximate surface area is 107 Å². The maximum Gasteiger partial charge on any atom is 0.167 e. The van der Waals surface area contributed by atoms with E-state index < -0.39 is 0 Å². The van der Waals surface area contributed by atoms with Crippen molar-refractivity contribution in [3.05, 3.63) is 40.2 Å². The number of rotatable bonds is 4. The van der Waals surface area contributed by atoms with Crippen molar-refractivity contribution in [2.75, 3.05) is 6.54 Å². The molecule has 3 nitrogen and oxygen atoms in total. The van der Waals surface area contributed by atoms with Crippen molar-refractivity contribution in [2.45, 2.75) is 13.5 Å². The summed E-state index contributed by atoms with van der Waals surface area (Å²) in [6.07, 6.45) is 0. The van der Waals surface area contributed by atoms with Crippen LogP contribution in [0.1, 0.15) is 12.6 Å². The number of nitrogens with zero attached hydrogens (tertiary/aromatic N) is 1. The van der Waals surface area contributed by atoms with Gasteiger partial charge in [0, 0.05) is 18.2 Å². The van der Waals surface area contributed by atoms with Crippen LogP contribution in [0.3, 0.4) is 0 Å². The standard InChI is InChI=1S/C12H12BrFN2O/c1-2-15-7-9-6-12(17-16-9)8-3-4-11(14)10(13)5-8/h3-6,15H,2,7H2,1H3. The maximum absolute atomic E-state index is 13.1. The summed E-state index contributed by atoms with van der Waals surface area (Å²) in [5.74, 6) is 0.347. The molecule has 0 saturated heterocycles. The number of halogens is 2. The molecule has 0 aliphatic carbocycles. The monoisotopic (exact) mass is 298 g/mol. The highest BCUT2D eigenvalue weighted by Crippen LogP contribution is 2.25. The Bertz CT molecular complexity index is 513. The Morgan fingerprint density at radius 2 is 2.24 bits per heavy atom. The van der Waals surface area contributed by atoms with E-state index in [4.69, 9.17) is 4.52 Å². The minimum Gasteiger partial charge on any atom is -0.356 e. The van der Waals surface area contributed by atoms with Gasteiger partial charge in [-0.2, -0.15) is 0 Å². The maximum atomic E-state index is 13.1. The highest BCUT2D eigenvalue weighted by Gasteiger charge is 2.08. The third kappa shape index (κ3) is 2.92. The summed E-state index contributed by atoms with van der Waals surface area (Å²) in [4.78, 5) is 0. The van der Waals surface area contributed by atoms with Gasteiger partial charge in [0.05, 0.1) is 10.2 Å². The minimum atomic E-state index is -0.291. The van der Waals surface area contributed by atoms with Gasteiger partial charge in [-0.1, -0.05) is 12.1 Å². The van der Waals surface area contributed by atoms with E-state index in [0.29, 0.717) is 16.8 Å². The van der Waals surface area contributed by atoms with E-state index in [1.165, 1.54) is 6.07 Å². The van der Waals surface area contributed by atoms with Crippen LogP contribution in [0.4, 0.5) is 4.39 Å². The molecule has 0 bridgehead atoms.